The minimum absolute atomic E-state index is 0.703. The summed E-state index contributed by atoms with van der Waals surface area (Å²) in [5.41, 5.74) is 18.1. The van der Waals surface area contributed by atoms with Crippen LogP contribution in [0.5, 0.6) is 0 Å². The van der Waals surface area contributed by atoms with Gasteiger partial charge in [-0.25, -0.2) is 24.9 Å². The van der Waals surface area contributed by atoms with Gasteiger partial charge < -0.3 is 0 Å². The predicted molar refractivity (Wildman–Crippen MR) is 270 cm³/mol. The fraction of sp³-hybridized carbons (Fsp3) is 0. The zero-order valence-corrected chi connectivity index (χ0v) is 35.9. The first kappa shape index (κ1) is 39.9. The van der Waals surface area contributed by atoms with Crippen LogP contribution in [0, 0.1) is 0 Å². The van der Waals surface area contributed by atoms with Gasteiger partial charge in [-0.3, -0.25) is 0 Å². The first-order valence-electron chi connectivity index (χ1n) is 22.1. The largest absolute Gasteiger partial charge is 0.248 e. The van der Waals surface area contributed by atoms with Crippen LogP contribution in [-0.2, 0) is 0 Å². The summed E-state index contributed by atoms with van der Waals surface area (Å²) >= 11 is 0. The standard InChI is InChI=1S/C61H41N5/c1-5-16-44(17-6-1)56-40-58(65-60(63-56)48-20-9-3-10-21-48)46-34-30-42(31-35-46)50-24-13-26-52(38-50)54-28-15-29-55(62-54)53-27-14-25-51(39-53)43-32-36-47(37-33-43)59-41-57(45-18-7-2-8-19-45)64-61(66-59)49-22-11-4-12-23-49/h1-41H. The van der Waals surface area contributed by atoms with Crippen LogP contribution in [-0.4, -0.2) is 24.9 Å². The number of hydrogen-bond donors (Lipinski definition) is 0. The lowest BCUT2D eigenvalue weighted by molar-refractivity contribution is 1.18. The lowest BCUT2D eigenvalue weighted by Gasteiger charge is -2.11. The van der Waals surface area contributed by atoms with Gasteiger partial charge in [-0.1, -0.05) is 212 Å². The van der Waals surface area contributed by atoms with E-state index in [0.29, 0.717) is 11.6 Å². The van der Waals surface area contributed by atoms with Crippen LogP contribution in [0.2, 0.25) is 0 Å². The molecule has 11 aromatic rings. The van der Waals surface area contributed by atoms with E-state index in [-0.39, 0.29) is 0 Å². The average molecular weight is 844 g/mol. The Kier molecular flexibility index (Phi) is 10.9. The predicted octanol–water partition coefficient (Wildman–Crippen LogP) is 15.3. The number of benzene rings is 8. The third-order valence-corrected chi connectivity index (χ3v) is 11.7. The summed E-state index contributed by atoms with van der Waals surface area (Å²) in [5.74, 6) is 1.41. The SMILES string of the molecule is c1ccc(-c2cc(-c3ccc(-c4cccc(-c5cccc(-c6cccc(-c7ccc(-c8cc(-c9ccccc9)nc(-c9ccccc9)n8)cc7)c6)n5)c4)cc3)nc(-c3ccccc3)n2)cc1. The molecule has 0 N–H and O–H groups in total. The first-order valence-corrected chi connectivity index (χ1v) is 22.1. The molecule has 0 aliphatic heterocycles. The fourth-order valence-corrected chi connectivity index (χ4v) is 8.28. The van der Waals surface area contributed by atoms with Gasteiger partial charge in [-0.2, -0.15) is 0 Å². The molecule has 0 amide bonds. The molecule has 11 rings (SSSR count). The Balaban J connectivity index is 0.845. The summed E-state index contributed by atoms with van der Waals surface area (Å²) in [4.78, 5) is 25.2. The van der Waals surface area contributed by atoms with E-state index in [0.717, 1.165) is 101 Å². The van der Waals surface area contributed by atoms with E-state index in [9.17, 15) is 0 Å². The Morgan fingerprint density at radius 1 is 0.152 bits per heavy atom. The topological polar surface area (TPSA) is 64.5 Å². The van der Waals surface area contributed by atoms with E-state index < -0.39 is 0 Å². The van der Waals surface area contributed by atoms with E-state index in [2.05, 4.69) is 176 Å². The van der Waals surface area contributed by atoms with Crippen molar-refractivity contribution in [3.8, 4) is 113 Å². The summed E-state index contributed by atoms with van der Waals surface area (Å²) in [5, 5.41) is 0. The normalized spacial score (nSPS) is 11.0. The fourth-order valence-electron chi connectivity index (χ4n) is 8.28. The molecule has 5 heteroatoms. The van der Waals surface area contributed by atoms with Crippen molar-refractivity contribution in [1.82, 2.24) is 24.9 Å². The molecule has 0 aliphatic rings. The Labute approximate surface area is 384 Å². The van der Waals surface area contributed by atoms with Crippen LogP contribution in [0.1, 0.15) is 0 Å². The van der Waals surface area contributed by atoms with Crippen LogP contribution in [0.25, 0.3) is 113 Å². The van der Waals surface area contributed by atoms with Crippen LogP contribution >= 0.6 is 0 Å². The molecule has 0 aliphatic carbocycles. The van der Waals surface area contributed by atoms with Crippen LogP contribution in [0.15, 0.2) is 249 Å². The van der Waals surface area contributed by atoms with Crippen molar-refractivity contribution < 1.29 is 0 Å². The maximum Gasteiger partial charge on any atom is 0.160 e. The molecule has 0 radical (unpaired) electrons. The van der Waals surface area contributed by atoms with E-state index in [1.165, 1.54) is 0 Å². The minimum atomic E-state index is 0.703. The second-order valence-electron chi connectivity index (χ2n) is 16.1. The van der Waals surface area contributed by atoms with Crippen molar-refractivity contribution in [1.29, 1.82) is 0 Å². The molecule has 0 saturated carbocycles. The molecular formula is C61H41N5. The second-order valence-corrected chi connectivity index (χ2v) is 16.1. The highest BCUT2D eigenvalue weighted by Crippen LogP contribution is 2.34. The molecule has 0 spiro atoms. The highest BCUT2D eigenvalue weighted by molar-refractivity contribution is 5.79. The molecule has 3 heterocycles. The number of rotatable bonds is 10. The van der Waals surface area contributed by atoms with Crippen molar-refractivity contribution in [2.45, 2.75) is 0 Å². The molecule has 0 atom stereocenters. The van der Waals surface area contributed by atoms with Gasteiger partial charge in [-0.15, -0.1) is 0 Å². The molecule has 66 heavy (non-hydrogen) atoms. The third-order valence-electron chi connectivity index (χ3n) is 11.7. The molecule has 310 valence electrons. The van der Waals surface area contributed by atoms with E-state index >= 15 is 0 Å². The number of pyridine rings is 1. The maximum absolute atomic E-state index is 5.19. The Bertz CT molecular complexity index is 3090. The third kappa shape index (κ3) is 8.57. The summed E-state index contributed by atoms with van der Waals surface area (Å²) < 4.78 is 0. The summed E-state index contributed by atoms with van der Waals surface area (Å²) in [6, 6.07) is 85.7. The summed E-state index contributed by atoms with van der Waals surface area (Å²) in [6.07, 6.45) is 0. The van der Waals surface area contributed by atoms with Crippen LogP contribution < -0.4 is 0 Å². The number of aromatic nitrogens is 5. The zero-order chi connectivity index (χ0) is 44.1. The van der Waals surface area contributed by atoms with Gasteiger partial charge in [0.2, 0.25) is 0 Å². The molecule has 5 nitrogen and oxygen atoms in total. The van der Waals surface area contributed by atoms with Gasteiger partial charge in [0.15, 0.2) is 11.6 Å². The van der Waals surface area contributed by atoms with E-state index in [1.54, 1.807) is 0 Å². The summed E-state index contributed by atoms with van der Waals surface area (Å²) in [6.45, 7) is 0. The summed E-state index contributed by atoms with van der Waals surface area (Å²) in [7, 11) is 0. The monoisotopic (exact) mass is 843 g/mol. The minimum Gasteiger partial charge on any atom is -0.248 e. The highest BCUT2D eigenvalue weighted by atomic mass is 14.9. The number of hydrogen-bond acceptors (Lipinski definition) is 5. The average Bonchev–Trinajstić information content (AvgIpc) is 3.42. The lowest BCUT2D eigenvalue weighted by atomic mass is 9.98. The van der Waals surface area contributed by atoms with E-state index in [1.807, 2.05) is 72.8 Å². The maximum atomic E-state index is 5.19. The number of nitrogens with zero attached hydrogens (tertiary/aromatic N) is 5. The van der Waals surface area contributed by atoms with Gasteiger partial charge in [0, 0.05) is 44.5 Å². The molecule has 3 aromatic heterocycles. The van der Waals surface area contributed by atoms with Gasteiger partial charge in [0.05, 0.1) is 34.2 Å². The van der Waals surface area contributed by atoms with Crippen molar-refractivity contribution in [3.63, 3.8) is 0 Å². The van der Waals surface area contributed by atoms with Crippen LogP contribution in [0.3, 0.4) is 0 Å². The van der Waals surface area contributed by atoms with Gasteiger partial charge in [0.25, 0.3) is 0 Å². The Morgan fingerprint density at radius 3 is 0.788 bits per heavy atom. The zero-order valence-electron chi connectivity index (χ0n) is 35.9. The quantitative estimate of drug-likeness (QED) is 0.137. The second kappa shape index (κ2) is 18.0. The van der Waals surface area contributed by atoms with Crippen molar-refractivity contribution in [3.05, 3.63) is 249 Å². The molecule has 8 aromatic carbocycles. The van der Waals surface area contributed by atoms with Gasteiger partial charge >= 0.3 is 0 Å². The molecule has 0 fully saturated rings. The molecule has 0 unspecified atom stereocenters. The van der Waals surface area contributed by atoms with Crippen molar-refractivity contribution >= 4 is 0 Å². The Hall–Kier alpha value is -8.93. The molecule has 0 bridgehead atoms. The first-order chi connectivity index (χ1) is 32.7. The van der Waals surface area contributed by atoms with E-state index in [4.69, 9.17) is 24.9 Å². The van der Waals surface area contributed by atoms with Gasteiger partial charge in [0.1, 0.15) is 0 Å². The van der Waals surface area contributed by atoms with Crippen molar-refractivity contribution in [2.24, 2.45) is 0 Å². The highest BCUT2D eigenvalue weighted by Gasteiger charge is 2.14. The smallest absolute Gasteiger partial charge is 0.160 e. The molecule has 0 saturated heterocycles. The molecular weight excluding hydrogens is 803 g/mol. The lowest BCUT2D eigenvalue weighted by Crippen LogP contribution is -1.95. The Morgan fingerprint density at radius 2 is 0.424 bits per heavy atom. The van der Waals surface area contributed by atoms with Gasteiger partial charge in [-0.05, 0) is 58.7 Å². The van der Waals surface area contributed by atoms with Crippen LogP contribution in [0.4, 0.5) is 0 Å². The van der Waals surface area contributed by atoms with Crippen molar-refractivity contribution in [2.75, 3.05) is 0 Å².